The van der Waals surface area contributed by atoms with Gasteiger partial charge in [0.25, 0.3) is 0 Å². The lowest BCUT2D eigenvalue weighted by molar-refractivity contribution is -0.143. The van der Waals surface area contributed by atoms with Crippen LogP contribution in [-0.2, 0) is 21.6 Å². The molecule has 1 aliphatic rings. The van der Waals surface area contributed by atoms with Gasteiger partial charge in [0.2, 0.25) is 0 Å². The summed E-state index contributed by atoms with van der Waals surface area (Å²) in [4.78, 5) is 14.1. The Morgan fingerprint density at radius 3 is 2.62 bits per heavy atom. The lowest BCUT2D eigenvalue weighted by atomic mass is 9.87. The van der Waals surface area contributed by atoms with Gasteiger partial charge in [-0.15, -0.1) is 0 Å². The lowest BCUT2D eigenvalue weighted by Crippen LogP contribution is -2.30. The minimum absolute atomic E-state index is 0.0527. The van der Waals surface area contributed by atoms with Crippen molar-refractivity contribution >= 4 is 11.7 Å². The van der Waals surface area contributed by atoms with Gasteiger partial charge in [-0.2, -0.15) is 0 Å². The van der Waals surface area contributed by atoms with Crippen LogP contribution in [0.15, 0.2) is 48.5 Å². The fourth-order valence-corrected chi connectivity index (χ4v) is 2.64. The second kappa shape index (κ2) is 6.56. The van der Waals surface area contributed by atoms with Crippen molar-refractivity contribution in [1.82, 2.24) is 0 Å². The third-order valence-corrected chi connectivity index (χ3v) is 4.10. The number of fused-ring (bicyclic) bond motifs is 1. The minimum atomic E-state index is -0.253. The SMILES string of the molecule is CC(C)(C)c1ccc2c(c1)N(CC(=O)OCc1ccccc1)CO2. The maximum atomic E-state index is 12.1. The molecule has 4 heteroatoms. The second-order valence-corrected chi connectivity index (χ2v) is 7.05. The summed E-state index contributed by atoms with van der Waals surface area (Å²) in [5.41, 5.74) is 3.21. The first-order chi connectivity index (χ1) is 11.4. The van der Waals surface area contributed by atoms with Crippen molar-refractivity contribution in [3.8, 4) is 5.75 Å². The Bertz CT molecular complexity index is 719. The van der Waals surface area contributed by atoms with Crippen LogP contribution in [0.4, 0.5) is 5.69 Å². The van der Waals surface area contributed by atoms with Gasteiger partial charge in [0.1, 0.15) is 18.9 Å². The summed E-state index contributed by atoms with van der Waals surface area (Å²) in [5, 5.41) is 0. The van der Waals surface area contributed by atoms with Gasteiger partial charge in [0.15, 0.2) is 6.73 Å². The smallest absolute Gasteiger partial charge is 0.326 e. The van der Waals surface area contributed by atoms with Crippen molar-refractivity contribution in [3.05, 3.63) is 59.7 Å². The van der Waals surface area contributed by atoms with Crippen LogP contribution in [-0.4, -0.2) is 19.2 Å². The van der Waals surface area contributed by atoms with E-state index in [0.29, 0.717) is 13.3 Å². The van der Waals surface area contributed by atoms with Crippen LogP contribution in [0.2, 0.25) is 0 Å². The molecule has 1 heterocycles. The summed E-state index contributed by atoms with van der Waals surface area (Å²) < 4.78 is 11.0. The average Bonchev–Trinajstić information content (AvgIpc) is 2.95. The Kier molecular flexibility index (Phi) is 4.47. The van der Waals surface area contributed by atoms with Crippen LogP contribution in [0.25, 0.3) is 0 Å². The molecule has 0 unspecified atom stereocenters. The zero-order valence-corrected chi connectivity index (χ0v) is 14.4. The summed E-state index contributed by atoms with van der Waals surface area (Å²) >= 11 is 0. The molecule has 0 atom stereocenters. The Labute approximate surface area is 143 Å². The highest BCUT2D eigenvalue weighted by Crippen LogP contribution is 2.37. The van der Waals surface area contributed by atoms with E-state index >= 15 is 0 Å². The average molecular weight is 325 g/mol. The topological polar surface area (TPSA) is 38.8 Å². The van der Waals surface area contributed by atoms with Gasteiger partial charge >= 0.3 is 5.97 Å². The number of benzene rings is 2. The maximum Gasteiger partial charge on any atom is 0.326 e. The summed E-state index contributed by atoms with van der Waals surface area (Å²) in [6, 6.07) is 15.8. The lowest BCUT2D eigenvalue weighted by Gasteiger charge is -2.21. The van der Waals surface area contributed by atoms with Gasteiger partial charge in [-0.3, -0.25) is 4.79 Å². The molecule has 0 saturated heterocycles. The number of carbonyl (C=O) groups excluding carboxylic acids is 1. The highest BCUT2D eigenvalue weighted by atomic mass is 16.5. The molecule has 24 heavy (non-hydrogen) atoms. The molecule has 0 radical (unpaired) electrons. The molecule has 3 rings (SSSR count). The molecule has 0 fully saturated rings. The Morgan fingerprint density at radius 1 is 1.17 bits per heavy atom. The predicted molar refractivity (Wildman–Crippen MR) is 94.2 cm³/mol. The molecule has 0 saturated carbocycles. The summed E-state index contributed by atoms with van der Waals surface area (Å²) in [6.07, 6.45) is 0. The van der Waals surface area contributed by atoms with Gasteiger partial charge in [-0.05, 0) is 28.7 Å². The molecule has 126 valence electrons. The van der Waals surface area contributed by atoms with Crippen molar-refractivity contribution in [2.75, 3.05) is 18.2 Å². The summed E-state index contributed by atoms with van der Waals surface area (Å²) in [6.45, 7) is 7.37. The molecule has 0 bridgehead atoms. The largest absolute Gasteiger partial charge is 0.471 e. The molecule has 4 nitrogen and oxygen atoms in total. The van der Waals surface area contributed by atoms with Gasteiger partial charge in [0, 0.05) is 0 Å². The second-order valence-electron chi connectivity index (χ2n) is 7.05. The fraction of sp³-hybridized carbons (Fsp3) is 0.350. The molecule has 0 aliphatic carbocycles. The Balaban J connectivity index is 1.64. The summed E-state index contributed by atoms with van der Waals surface area (Å²) in [7, 11) is 0. The molecule has 2 aromatic rings. The number of hydrogen-bond donors (Lipinski definition) is 0. The standard InChI is InChI=1S/C20H23NO3/c1-20(2,3)16-9-10-18-17(11-16)21(14-24-18)12-19(22)23-13-15-7-5-4-6-8-15/h4-11H,12-14H2,1-3H3. The highest BCUT2D eigenvalue weighted by molar-refractivity contribution is 5.78. The zero-order valence-electron chi connectivity index (χ0n) is 14.4. The first-order valence-corrected chi connectivity index (χ1v) is 8.15. The Morgan fingerprint density at radius 2 is 1.92 bits per heavy atom. The maximum absolute atomic E-state index is 12.1. The number of nitrogens with zero attached hydrogens (tertiary/aromatic N) is 1. The quantitative estimate of drug-likeness (QED) is 0.800. The van der Waals surface area contributed by atoms with Crippen molar-refractivity contribution in [2.24, 2.45) is 0 Å². The first kappa shape index (κ1) is 16.4. The molecule has 2 aromatic carbocycles. The van der Waals surface area contributed by atoms with E-state index in [0.717, 1.165) is 17.0 Å². The molecular formula is C20H23NO3. The highest BCUT2D eigenvalue weighted by Gasteiger charge is 2.25. The van der Waals surface area contributed by atoms with Gasteiger partial charge in [-0.1, -0.05) is 57.2 Å². The number of hydrogen-bond acceptors (Lipinski definition) is 4. The normalized spacial score (nSPS) is 13.4. The van der Waals surface area contributed by atoms with Crippen LogP contribution in [0, 0.1) is 0 Å². The zero-order chi connectivity index (χ0) is 17.2. The van der Waals surface area contributed by atoms with Crippen molar-refractivity contribution in [1.29, 1.82) is 0 Å². The van der Waals surface area contributed by atoms with E-state index in [1.165, 1.54) is 5.56 Å². The molecule has 0 amide bonds. The van der Waals surface area contributed by atoms with E-state index in [1.54, 1.807) is 0 Å². The number of ether oxygens (including phenoxy) is 2. The van der Waals surface area contributed by atoms with Crippen LogP contribution < -0.4 is 9.64 Å². The number of carbonyl (C=O) groups is 1. The number of anilines is 1. The van der Waals surface area contributed by atoms with E-state index in [9.17, 15) is 4.79 Å². The van der Waals surface area contributed by atoms with Crippen LogP contribution in [0.5, 0.6) is 5.75 Å². The minimum Gasteiger partial charge on any atom is -0.471 e. The van der Waals surface area contributed by atoms with Gasteiger partial charge < -0.3 is 14.4 Å². The predicted octanol–water partition coefficient (Wildman–Crippen LogP) is 3.88. The van der Waals surface area contributed by atoms with Gasteiger partial charge in [0.05, 0.1) is 5.69 Å². The molecule has 0 spiro atoms. The Hall–Kier alpha value is -2.49. The van der Waals surface area contributed by atoms with Crippen LogP contribution in [0.3, 0.4) is 0 Å². The van der Waals surface area contributed by atoms with E-state index in [2.05, 4.69) is 32.9 Å². The van der Waals surface area contributed by atoms with Crippen LogP contribution in [0.1, 0.15) is 31.9 Å². The third-order valence-electron chi connectivity index (χ3n) is 4.10. The third kappa shape index (κ3) is 3.70. The van der Waals surface area contributed by atoms with E-state index < -0.39 is 0 Å². The van der Waals surface area contributed by atoms with Crippen LogP contribution >= 0.6 is 0 Å². The number of esters is 1. The van der Waals surface area contributed by atoms with Gasteiger partial charge in [-0.25, -0.2) is 0 Å². The van der Waals surface area contributed by atoms with Crippen molar-refractivity contribution in [3.63, 3.8) is 0 Å². The molecule has 0 aromatic heterocycles. The van der Waals surface area contributed by atoms with E-state index in [4.69, 9.17) is 9.47 Å². The van der Waals surface area contributed by atoms with Crippen molar-refractivity contribution < 1.29 is 14.3 Å². The molecular weight excluding hydrogens is 302 g/mol. The monoisotopic (exact) mass is 325 g/mol. The first-order valence-electron chi connectivity index (χ1n) is 8.15. The fourth-order valence-electron chi connectivity index (χ4n) is 2.64. The van der Waals surface area contributed by atoms with E-state index in [1.807, 2.05) is 41.3 Å². The molecule has 0 N–H and O–H groups in total. The number of rotatable bonds is 4. The molecule has 1 aliphatic heterocycles. The van der Waals surface area contributed by atoms with E-state index in [-0.39, 0.29) is 17.9 Å². The van der Waals surface area contributed by atoms with Crippen molar-refractivity contribution in [2.45, 2.75) is 32.8 Å². The summed E-state index contributed by atoms with van der Waals surface area (Å²) in [5.74, 6) is 0.565.